The Kier molecular flexibility index (Phi) is 5.86. The van der Waals surface area contributed by atoms with Crippen LogP contribution in [0.25, 0.3) is 0 Å². The largest absolute Gasteiger partial charge is 0.394 e. The molecule has 6 unspecified atom stereocenters. The molecule has 3 fully saturated rings. The Balaban J connectivity index is 1.71. The fourth-order valence-electron chi connectivity index (χ4n) is 3.67. The van der Waals surface area contributed by atoms with Crippen LogP contribution in [0.1, 0.15) is 0 Å². The highest BCUT2D eigenvalue weighted by molar-refractivity contribution is 7.80. The van der Waals surface area contributed by atoms with Gasteiger partial charge < -0.3 is 54.7 Å². The summed E-state index contributed by atoms with van der Waals surface area (Å²) in [6.07, 6.45) is -11.7. The third kappa shape index (κ3) is 2.64. The van der Waals surface area contributed by atoms with Crippen LogP contribution in [-0.4, -0.2) is 122 Å². The lowest BCUT2D eigenvalue weighted by molar-refractivity contribution is -0.534. The molecule has 0 aromatic heterocycles. The fraction of sp³-hybridized carbons (Fsp3) is 1.00. The molecule has 3 rings (SSSR count). The molecule has 10 atom stereocenters. The summed E-state index contributed by atoms with van der Waals surface area (Å²) in [5.74, 6) is 0.350. The lowest BCUT2D eigenvalue weighted by atomic mass is 9.56. The van der Waals surface area contributed by atoms with Crippen LogP contribution in [0, 0.1) is 0 Å². The Labute approximate surface area is 154 Å². The normalized spacial score (nSPS) is 53.5. The maximum absolute atomic E-state index is 10.6. The maximum atomic E-state index is 10.6. The molecule has 2 aliphatic heterocycles. The molecular formula is C14H24O11S. The standard InChI is InChI=1S/C14H24O11S/c15-3-5-6(17)7(18)8(19)11(23-5)24-10-9(20)14(21)12(22-1-2-26)25-13(10,14)4-16/h5-12,15-21,26H,1-4H2/t5?,6-,7?,8?,9?,10-,11-,12+,13?,14?/m0/s1. The second-order valence-corrected chi connectivity index (χ2v) is 7.06. The zero-order valence-electron chi connectivity index (χ0n) is 13.7. The summed E-state index contributed by atoms with van der Waals surface area (Å²) in [7, 11) is 0. The summed E-state index contributed by atoms with van der Waals surface area (Å²) < 4.78 is 21.3. The van der Waals surface area contributed by atoms with E-state index >= 15 is 0 Å². The van der Waals surface area contributed by atoms with Crippen molar-refractivity contribution in [2.24, 2.45) is 0 Å². The topological polar surface area (TPSA) is 179 Å². The van der Waals surface area contributed by atoms with Crippen molar-refractivity contribution in [1.82, 2.24) is 0 Å². The quantitative estimate of drug-likeness (QED) is 0.193. The molecule has 152 valence electrons. The van der Waals surface area contributed by atoms with Crippen LogP contribution >= 0.6 is 12.6 Å². The number of thiol groups is 1. The number of aliphatic hydroxyl groups is 7. The Morgan fingerprint density at radius 3 is 2.31 bits per heavy atom. The average Bonchev–Trinajstić information content (AvgIpc) is 2.64. The number of fused-ring (bicyclic) bond motifs is 1. The predicted octanol–water partition coefficient (Wildman–Crippen LogP) is -4.69. The van der Waals surface area contributed by atoms with Crippen molar-refractivity contribution in [2.75, 3.05) is 25.6 Å². The van der Waals surface area contributed by atoms with E-state index in [2.05, 4.69) is 12.6 Å². The molecule has 1 saturated carbocycles. The molecule has 3 aliphatic rings. The van der Waals surface area contributed by atoms with Crippen molar-refractivity contribution < 1.29 is 54.7 Å². The van der Waals surface area contributed by atoms with Crippen molar-refractivity contribution in [3.63, 3.8) is 0 Å². The first-order chi connectivity index (χ1) is 12.3. The number of hydrogen-bond acceptors (Lipinski definition) is 12. The summed E-state index contributed by atoms with van der Waals surface area (Å²) in [6.45, 7) is -1.23. The molecule has 0 aromatic rings. The van der Waals surface area contributed by atoms with E-state index in [1.807, 2.05) is 0 Å². The fourth-order valence-corrected chi connectivity index (χ4v) is 3.78. The third-order valence-electron chi connectivity index (χ3n) is 5.28. The van der Waals surface area contributed by atoms with Gasteiger partial charge in [-0.25, -0.2) is 0 Å². The zero-order valence-corrected chi connectivity index (χ0v) is 14.6. The van der Waals surface area contributed by atoms with Gasteiger partial charge in [-0.05, 0) is 0 Å². The first-order valence-electron chi connectivity index (χ1n) is 8.16. The first kappa shape index (κ1) is 20.6. The highest BCUT2D eigenvalue weighted by Crippen LogP contribution is 2.59. The molecule has 1 aliphatic carbocycles. The lowest BCUT2D eigenvalue weighted by Gasteiger charge is -2.72. The van der Waals surface area contributed by atoms with E-state index in [0.717, 1.165) is 0 Å². The molecular weight excluding hydrogens is 376 g/mol. The second-order valence-electron chi connectivity index (χ2n) is 6.62. The number of aliphatic hydroxyl groups excluding tert-OH is 6. The van der Waals surface area contributed by atoms with Crippen LogP contribution in [0.4, 0.5) is 0 Å². The molecule has 0 amide bonds. The van der Waals surface area contributed by atoms with Crippen molar-refractivity contribution in [3.8, 4) is 0 Å². The number of rotatable bonds is 7. The van der Waals surface area contributed by atoms with Crippen LogP contribution in [0.3, 0.4) is 0 Å². The van der Waals surface area contributed by atoms with E-state index < -0.39 is 73.6 Å². The van der Waals surface area contributed by atoms with E-state index in [0.29, 0.717) is 5.75 Å². The van der Waals surface area contributed by atoms with Gasteiger partial charge in [0, 0.05) is 5.75 Å². The van der Waals surface area contributed by atoms with Crippen LogP contribution in [0.5, 0.6) is 0 Å². The van der Waals surface area contributed by atoms with Crippen molar-refractivity contribution in [3.05, 3.63) is 0 Å². The van der Waals surface area contributed by atoms with Crippen LogP contribution in [0.2, 0.25) is 0 Å². The predicted molar refractivity (Wildman–Crippen MR) is 84.1 cm³/mol. The van der Waals surface area contributed by atoms with Crippen LogP contribution in [0.15, 0.2) is 0 Å². The van der Waals surface area contributed by atoms with Gasteiger partial charge >= 0.3 is 0 Å². The molecule has 0 bridgehead atoms. The molecule has 2 saturated heterocycles. The molecule has 11 nitrogen and oxygen atoms in total. The molecule has 0 spiro atoms. The summed E-state index contributed by atoms with van der Waals surface area (Å²) in [5.41, 5.74) is -3.63. The van der Waals surface area contributed by atoms with Crippen molar-refractivity contribution in [1.29, 1.82) is 0 Å². The van der Waals surface area contributed by atoms with E-state index in [1.54, 1.807) is 0 Å². The van der Waals surface area contributed by atoms with Crippen molar-refractivity contribution >= 4 is 12.6 Å². The lowest BCUT2D eigenvalue weighted by Crippen LogP contribution is -2.96. The number of ether oxygens (including phenoxy) is 4. The summed E-state index contributed by atoms with van der Waals surface area (Å²) in [5, 5.41) is 69.4. The first-order valence-corrected chi connectivity index (χ1v) is 8.79. The van der Waals surface area contributed by atoms with E-state index in [-0.39, 0.29) is 6.61 Å². The highest BCUT2D eigenvalue weighted by atomic mass is 32.1. The maximum Gasteiger partial charge on any atom is 0.193 e. The minimum atomic E-state index is -1.93. The monoisotopic (exact) mass is 400 g/mol. The van der Waals surface area contributed by atoms with Crippen molar-refractivity contribution in [2.45, 2.75) is 60.4 Å². The molecule has 12 heteroatoms. The van der Waals surface area contributed by atoms with E-state index in [1.165, 1.54) is 0 Å². The van der Waals surface area contributed by atoms with Gasteiger partial charge in [-0.2, -0.15) is 12.6 Å². The van der Waals surface area contributed by atoms with E-state index in [4.69, 9.17) is 18.9 Å². The third-order valence-corrected chi connectivity index (χ3v) is 5.46. The summed E-state index contributed by atoms with van der Waals surface area (Å²) >= 11 is 3.96. The minimum Gasteiger partial charge on any atom is -0.394 e. The Hall–Kier alpha value is -0.0900. The zero-order chi connectivity index (χ0) is 19.3. The van der Waals surface area contributed by atoms with Crippen LogP contribution < -0.4 is 0 Å². The molecule has 7 N–H and O–H groups in total. The van der Waals surface area contributed by atoms with Gasteiger partial charge in [0.1, 0.15) is 36.6 Å². The van der Waals surface area contributed by atoms with Gasteiger partial charge in [-0.1, -0.05) is 0 Å². The van der Waals surface area contributed by atoms with Gasteiger partial charge in [-0.15, -0.1) is 0 Å². The molecule has 0 radical (unpaired) electrons. The summed E-state index contributed by atoms with van der Waals surface area (Å²) in [6, 6.07) is 0. The minimum absolute atomic E-state index is 0.141. The van der Waals surface area contributed by atoms with Crippen LogP contribution in [-0.2, 0) is 18.9 Å². The average molecular weight is 400 g/mol. The second kappa shape index (κ2) is 7.39. The highest BCUT2D eigenvalue weighted by Gasteiger charge is 2.85. The molecule has 26 heavy (non-hydrogen) atoms. The smallest absolute Gasteiger partial charge is 0.193 e. The van der Waals surface area contributed by atoms with Gasteiger partial charge in [0.15, 0.2) is 23.8 Å². The Bertz CT molecular complexity index is 509. The Morgan fingerprint density at radius 2 is 1.73 bits per heavy atom. The van der Waals surface area contributed by atoms with E-state index in [9.17, 15) is 35.7 Å². The molecule has 2 heterocycles. The summed E-state index contributed by atoms with van der Waals surface area (Å²) in [4.78, 5) is 0. The van der Waals surface area contributed by atoms with Gasteiger partial charge in [-0.3, -0.25) is 0 Å². The SMILES string of the molecule is OCC1O[C@@H](O[C@H]2C(O)C3(O)[C@H](OCCS)OC23CO)C(O)C(O)[C@H]1O. The number of hydrogen-bond donors (Lipinski definition) is 8. The van der Waals surface area contributed by atoms with Gasteiger partial charge in [0.25, 0.3) is 0 Å². The Morgan fingerprint density at radius 1 is 1.04 bits per heavy atom. The van der Waals surface area contributed by atoms with Gasteiger partial charge in [0.05, 0.1) is 19.8 Å². The van der Waals surface area contributed by atoms with Gasteiger partial charge in [0.2, 0.25) is 0 Å². The molecule has 0 aromatic carbocycles.